The number of aliphatic hydroxyl groups excluding tert-OH is 1. The van der Waals surface area contributed by atoms with Gasteiger partial charge < -0.3 is 14.6 Å². The zero-order chi connectivity index (χ0) is 13.8. The molecule has 0 unspecified atom stereocenters. The van der Waals surface area contributed by atoms with Crippen molar-refractivity contribution >= 4 is 0 Å². The highest BCUT2D eigenvalue weighted by atomic mass is 16.5. The molecule has 0 aromatic heterocycles. The highest BCUT2D eigenvalue weighted by Gasteiger charge is 2.26. The molecule has 0 bridgehead atoms. The molecule has 0 fully saturated rings. The second-order valence-corrected chi connectivity index (χ2v) is 4.72. The maximum absolute atomic E-state index is 9.83. The zero-order valence-electron chi connectivity index (χ0n) is 12.2. The molecule has 0 aromatic carbocycles. The quantitative estimate of drug-likeness (QED) is 0.431. The number of rotatable bonds is 12. The molecule has 0 heterocycles. The Kier molecular flexibility index (Phi) is 11.4. The summed E-state index contributed by atoms with van der Waals surface area (Å²) in [7, 11) is 0. The highest BCUT2D eigenvalue weighted by Crippen LogP contribution is 2.15. The van der Waals surface area contributed by atoms with E-state index in [0.29, 0.717) is 13.0 Å². The van der Waals surface area contributed by atoms with E-state index in [9.17, 15) is 5.11 Å². The van der Waals surface area contributed by atoms with Gasteiger partial charge in [0.25, 0.3) is 0 Å². The van der Waals surface area contributed by atoms with Crippen molar-refractivity contribution < 1.29 is 14.6 Å². The second-order valence-electron chi connectivity index (χ2n) is 4.72. The molecule has 0 aliphatic carbocycles. The van der Waals surface area contributed by atoms with Crippen LogP contribution in [0.1, 0.15) is 52.9 Å². The lowest BCUT2D eigenvalue weighted by Gasteiger charge is -2.29. The van der Waals surface area contributed by atoms with Crippen molar-refractivity contribution in [2.45, 2.75) is 71.2 Å². The van der Waals surface area contributed by atoms with Crippen LogP contribution < -0.4 is 0 Å². The monoisotopic (exact) mass is 258 g/mol. The van der Waals surface area contributed by atoms with Crippen LogP contribution in [-0.2, 0) is 9.47 Å². The van der Waals surface area contributed by atoms with Gasteiger partial charge in [-0.15, -0.1) is 6.58 Å². The minimum Gasteiger partial charge on any atom is -0.391 e. The standard InChI is InChI=1S/C15H30O3/c1-5-8-11-17-14(10-7-3)15(13(4)16)18-12-9-6-2/h7,13-16H,3,5-6,8-12H2,1-2,4H3/t13-,14-,15-/m0/s1. The van der Waals surface area contributed by atoms with Gasteiger partial charge in [-0.3, -0.25) is 0 Å². The molecular weight excluding hydrogens is 228 g/mol. The maximum Gasteiger partial charge on any atom is 0.109 e. The van der Waals surface area contributed by atoms with E-state index in [1.165, 1.54) is 0 Å². The van der Waals surface area contributed by atoms with Crippen molar-refractivity contribution in [2.24, 2.45) is 0 Å². The largest absolute Gasteiger partial charge is 0.391 e. The molecule has 3 atom stereocenters. The van der Waals surface area contributed by atoms with E-state index in [-0.39, 0.29) is 12.2 Å². The first kappa shape index (κ1) is 17.6. The van der Waals surface area contributed by atoms with E-state index in [4.69, 9.17) is 9.47 Å². The Bertz CT molecular complexity index is 192. The summed E-state index contributed by atoms with van der Waals surface area (Å²) in [6, 6.07) is 0. The summed E-state index contributed by atoms with van der Waals surface area (Å²) in [6.07, 6.45) is 5.92. The summed E-state index contributed by atoms with van der Waals surface area (Å²) in [5, 5.41) is 9.83. The first-order valence-corrected chi connectivity index (χ1v) is 7.19. The fourth-order valence-corrected chi connectivity index (χ4v) is 1.76. The van der Waals surface area contributed by atoms with Gasteiger partial charge in [-0.1, -0.05) is 32.8 Å². The number of aliphatic hydroxyl groups is 1. The van der Waals surface area contributed by atoms with Gasteiger partial charge in [-0.2, -0.15) is 0 Å². The molecule has 108 valence electrons. The molecule has 3 nitrogen and oxygen atoms in total. The van der Waals surface area contributed by atoms with Gasteiger partial charge in [-0.05, 0) is 26.2 Å². The smallest absolute Gasteiger partial charge is 0.109 e. The summed E-state index contributed by atoms with van der Waals surface area (Å²) in [4.78, 5) is 0. The molecule has 0 rings (SSSR count). The fraction of sp³-hybridized carbons (Fsp3) is 0.867. The lowest BCUT2D eigenvalue weighted by Crippen LogP contribution is -2.40. The van der Waals surface area contributed by atoms with Gasteiger partial charge >= 0.3 is 0 Å². The molecular formula is C15H30O3. The predicted molar refractivity (Wildman–Crippen MR) is 75.8 cm³/mol. The third-order valence-electron chi connectivity index (χ3n) is 2.88. The van der Waals surface area contributed by atoms with Gasteiger partial charge in [0.1, 0.15) is 6.10 Å². The molecule has 0 saturated heterocycles. The van der Waals surface area contributed by atoms with Gasteiger partial charge in [0.15, 0.2) is 0 Å². The van der Waals surface area contributed by atoms with Crippen LogP contribution in [0, 0.1) is 0 Å². The number of unbranched alkanes of at least 4 members (excludes halogenated alkanes) is 2. The zero-order valence-corrected chi connectivity index (χ0v) is 12.2. The lowest BCUT2D eigenvalue weighted by atomic mass is 10.1. The van der Waals surface area contributed by atoms with Crippen molar-refractivity contribution in [3.05, 3.63) is 12.7 Å². The van der Waals surface area contributed by atoms with Gasteiger partial charge in [0, 0.05) is 13.2 Å². The minimum absolute atomic E-state index is 0.0918. The molecule has 18 heavy (non-hydrogen) atoms. The van der Waals surface area contributed by atoms with E-state index in [1.54, 1.807) is 6.92 Å². The first-order valence-electron chi connectivity index (χ1n) is 7.19. The Balaban J connectivity index is 4.29. The van der Waals surface area contributed by atoms with Crippen LogP contribution in [0.3, 0.4) is 0 Å². The third-order valence-corrected chi connectivity index (χ3v) is 2.88. The average Bonchev–Trinajstić information content (AvgIpc) is 2.34. The van der Waals surface area contributed by atoms with E-state index in [2.05, 4.69) is 20.4 Å². The molecule has 0 aromatic rings. The first-order chi connectivity index (χ1) is 8.67. The summed E-state index contributed by atoms with van der Waals surface area (Å²) in [5.41, 5.74) is 0. The minimum atomic E-state index is -0.520. The summed E-state index contributed by atoms with van der Waals surface area (Å²) in [5.74, 6) is 0. The maximum atomic E-state index is 9.83. The highest BCUT2D eigenvalue weighted by molar-refractivity contribution is 4.83. The Morgan fingerprint density at radius 2 is 1.67 bits per heavy atom. The number of ether oxygens (including phenoxy) is 2. The molecule has 0 aliphatic rings. The molecule has 0 spiro atoms. The number of hydrogen-bond acceptors (Lipinski definition) is 3. The van der Waals surface area contributed by atoms with Crippen molar-refractivity contribution in [3.63, 3.8) is 0 Å². The molecule has 0 saturated carbocycles. The molecule has 0 radical (unpaired) electrons. The normalized spacial score (nSPS) is 16.2. The Hall–Kier alpha value is -0.380. The SMILES string of the molecule is C=CC[C@H](OCCCC)[C@@H](OCCCC)[C@H](C)O. The van der Waals surface area contributed by atoms with E-state index < -0.39 is 6.10 Å². The van der Waals surface area contributed by atoms with Crippen LogP contribution >= 0.6 is 0 Å². The van der Waals surface area contributed by atoms with Gasteiger partial charge in [-0.25, -0.2) is 0 Å². The molecule has 1 N–H and O–H groups in total. The van der Waals surface area contributed by atoms with E-state index >= 15 is 0 Å². The predicted octanol–water partition coefficient (Wildman–Crippen LogP) is 3.31. The van der Waals surface area contributed by atoms with E-state index in [0.717, 1.165) is 32.3 Å². The van der Waals surface area contributed by atoms with Gasteiger partial charge in [0.2, 0.25) is 0 Å². The van der Waals surface area contributed by atoms with Crippen LogP contribution in [0.2, 0.25) is 0 Å². The van der Waals surface area contributed by atoms with Gasteiger partial charge in [0.05, 0.1) is 12.2 Å². The molecule has 3 heteroatoms. The summed E-state index contributed by atoms with van der Waals surface area (Å²) in [6.45, 7) is 11.2. The van der Waals surface area contributed by atoms with E-state index in [1.807, 2.05) is 6.08 Å². The van der Waals surface area contributed by atoms with Crippen LogP contribution in [0.25, 0.3) is 0 Å². The molecule has 0 amide bonds. The van der Waals surface area contributed by atoms with Crippen molar-refractivity contribution in [1.29, 1.82) is 0 Å². The van der Waals surface area contributed by atoms with Crippen molar-refractivity contribution in [1.82, 2.24) is 0 Å². The Morgan fingerprint density at radius 1 is 1.11 bits per heavy atom. The topological polar surface area (TPSA) is 38.7 Å². The van der Waals surface area contributed by atoms with Crippen molar-refractivity contribution in [3.8, 4) is 0 Å². The number of hydrogen-bond donors (Lipinski definition) is 1. The Labute approximate surface area is 112 Å². The third kappa shape index (κ3) is 7.85. The van der Waals surface area contributed by atoms with Crippen LogP contribution in [0.5, 0.6) is 0 Å². The van der Waals surface area contributed by atoms with Crippen LogP contribution in [-0.4, -0.2) is 36.6 Å². The Morgan fingerprint density at radius 3 is 2.11 bits per heavy atom. The van der Waals surface area contributed by atoms with Crippen molar-refractivity contribution in [2.75, 3.05) is 13.2 Å². The fourth-order valence-electron chi connectivity index (χ4n) is 1.76. The lowest BCUT2D eigenvalue weighted by molar-refractivity contribution is -0.117. The van der Waals surface area contributed by atoms with Crippen LogP contribution in [0.4, 0.5) is 0 Å². The van der Waals surface area contributed by atoms with Crippen LogP contribution in [0.15, 0.2) is 12.7 Å². The average molecular weight is 258 g/mol. The summed E-state index contributed by atoms with van der Waals surface area (Å²) >= 11 is 0. The molecule has 0 aliphatic heterocycles. The summed E-state index contributed by atoms with van der Waals surface area (Å²) < 4.78 is 11.6. The second kappa shape index (κ2) is 11.7.